The maximum absolute atomic E-state index is 13.7. The van der Waals surface area contributed by atoms with E-state index in [-0.39, 0.29) is 37.1 Å². The second kappa shape index (κ2) is 11.7. The third-order valence-electron chi connectivity index (χ3n) is 5.84. The molecule has 34 heavy (non-hydrogen) atoms. The first-order valence-corrected chi connectivity index (χ1v) is 11.2. The maximum Gasteiger partial charge on any atom is 0.220 e. The van der Waals surface area contributed by atoms with Gasteiger partial charge in [-0.25, -0.2) is 4.39 Å². The van der Waals surface area contributed by atoms with E-state index in [0.29, 0.717) is 37.2 Å². The summed E-state index contributed by atoms with van der Waals surface area (Å²) in [7, 11) is 2.96. The largest absolute Gasteiger partial charge is 0.497 e. The van der Waals surface area contributed by atoms with Crippen molar-refractivity contribution in [2.45, 2.75) is 43.7 Å². The van der Waals surface area contributed by atoms with Crippen molar-refractivity contribution in [1.82, 2.24) is 10.6 Å². The molecule has 3 rings (SSSR count). The van der Waals surface area contributed by atoms with E-state index in [2.05, 4.69) is 10.6 Å². The second-order valence-electron chi connectivity index (χ2n) is 8.42. The summed E-state index contributed by atoms with van der Waals surface area (Å²) in [5.41, 5.74) is 0.219. The number of aliphatic hydroxyl groups excluding tert-OH is 1. The lowest BCUT2D eigenvalue weighted by molar-refractivity contribution is -0.123. The Hall–Kier alpha value is -3.33. The standard InChI is InChI=1S/C25H31FN2O6/c1-32-19-4-3-5-20(13-19)34-16-18(29)15-27-23(30)8-10-25(11-9-24(31)28-25)14-17-6-7-21(26)22(12-17)33-2/h3-7,12-13,18,29H,8-11,14-16H2,1-2H3,(H,27,30)(H,28,31)/t18-,25+/m0/s1. The van der Waals surface area contributed by atoms with Crippen molar-refractivity contribution in [2.24, 2.45) is 0 Å². The number of aliphatic hydroxyl groups is 1. The van der Waals surface area contributed by atoms with Crippen molar-refractivity contribution in [3.05, 3.63) is 53.8 Å². The molecule has 3 N–H and O–H groups in total. The van der Waals surface area contributed by atoms with Gasteiger partial charge in [-0.1, -0.05) is 12.1 Å². The van der Waals surface area contributed by atoms with Crippen LogP contribution in [0.25, 0.3) is 0 Å². The number of hydrogen-bond acceptors (Lipinski definition) is 6. The monoisotopic (exact) mass is 474 g/mol. The molecule has 2 aromatic carbocycles. The molecule has 2 aromatic rings. The number of hydrogen-bond donors (Lipinski definition) is 3. The molecule has 0 radical (unpaired) electrons. The fourth-order valence-corrected chi connectivity index (χ4v) is 4.00. The van der Waals surface area contributed by atoms with Crippen LogP contribution >= 0.6 is 0 Å². The predicted octanol–water partition coefficient (Wildman–Crippen LogP) is 2.37. The molecule has 0 aromatic heterocycles. The Morgan fingerprint density at radius 3 is 2.71 bits per heavy atom. The number of methoxy groups -OCH3 is 2. The number of halogens is 1. The van der Waals surface area contributed by atoms with Crippen molar-refractivity contribution in [3.63, 3.8) is 0 Å². The van der Waals surface area contributed by atoms with Gasteiger partial charge in [-0.2, -0.15) is 0 Å². The average Bonchev–Trinajstić information content (AvgIpc) is 3.21. The molecule has 0 unspecified atom stereocenters. The smallest absolute Gasteiger partial charge is 0.220 e. The van der Waals surface area contributed by atoms with Gasteiger partial charge in [-0.05, 0) is 49.1 Å². The number of amides is 2. The first-order chi connectivity index (χ1) is 16.3. The summed E-state index contributed by atoms with van der Waals surface area (Å²) in [5.74, 6) is 0.578. The Kier molecular flexibility index (Phi) is 8.70. The minimum absolute atomic E-state index is 0.0137. The Balaban J connectivity index is 1.48. The number of benzene rings is 2. The third-order valence-corrected chi connectivity index (χ3v) is 5.84. The Bertz CT molecular complexity index is 1000. The van der Waals surface area contributed by atoms with E-state index in [0.717, 1.165) is 5.56 Å². The summed E-state index contributed by atoms with van der Waals surface area (Å²) in [4.78, 5) is 24.4. The molecule has 1 aliphatic rings. The summed E-state index contributed by atoms with van der Waals surface area (Å²) >= 11 is 0. The molecule has 0 spiro atoms. The van der Waals surface area contributed by atoms with Gasteiger partial charge in [0.25, 0.3) is 0 Å². The van der Waals surface area contributed by atoms with Crippen LogP contribution in [0.3, 0.4) is 0 Å². The van der Waals surface area contributed by atoms with Gasteiger partial charge in [0, 0.05) is 31.0 Å². The lowest BCUT2D eigenvalue weighted by Crippen LogP contribution is -2.45. The van der Waals surface area contributed by atoms with E-state index in [4.69, 9.17) is 14.2 Å². The highest BCUT2D eigenvalue weighted by atomic mass is 19.1. The first kappa shape index (κ1) is 25.3. The van der Waals surface area contributed by atoms with Crippen LogP contribution in [0.15, 0.2) is 42.5 Å². The highest BCUT2D eigenvalue weighted by Gasteiger charge is 2.38. The molecule has 184 valence electrons. The zero-order valence-corrected chi connectivity index (χ0v) is 19.4. The fraction of sp³-hybridized carbons (Fsp3) is 0.440. The molecule has 0 saturated carbocycles. The van der Waals surface area contributed by atoms with Gasteiger partial charge in [0.1, 0.15) is 24.2 Å². The van der Waals surface area contributed by atoms with Gasteiger partial charge in [-0.15, -0.1) is 0 Å². The lowest BCUT2D eigenvalue weighted by atomic mass is 9.85. The molecule has 9 heteroatoms. The number of nitrogens with one attached hydrogen (secondary N) is 2. The average molecular weight is 475 g/mol. The van der Waals surface area contributed by atoms with Crippen LogP contribution in [0.1, 0.15) is 31.2 Å². The number of carbonyl (C=O) groups excluding carboxylic acids is 2. The molecule has 0 aliphatic carbocycles. The maximum atomic E-state index is 13.7. The molecular formula is C25H31FN2O6. The SMILES string of the molecule is COc1cccc(OC[C@@H](O)CNC(=O)CC[C@]2(Cc3ccc(F)c(OC)c3)CCC(=O)N2)c1. The molecule has 1 saturated heterocycles. The third kappa shape index (κ3) is 7.08. The van der Waals surface area contributed by atoms with Crippen molar-refractivity contribution in [1.29, 1.82) is 0 Å². The minimum Gasteiger partial charge on any atom is -0.497 e. The number of ether oxygens (including phenoxy) is 3. The first-order valence-electron chi connectivity index (χ1n) is 11.2. The molecule has 2 atom stereocenters. The zero-order chi connectivity index (χ0) is 24.6. The summed E-state index contributed by atoms with van der Waals surface area (Å²) < 4.78 is 29.5. The second-order valence-corrected chi connectivity index (χ2v) is 8.42. The molecule has 1 aliphatic heterocycles. The van der Waals surface area contributed by atoms with Crippen molar-refractivity contribution < 1.29 is 33.3 Å². The Morgan fingerprint density at radius 1 is 1.21 bits per heavy atom. The molecular weight excluding hydrogens is 443 g/mol. The van der Waals surface area contributed by atoms with Gasteiger partial charge < -0.3 is 30.0 Å². The molecule has 0 bridgehead atoms. The summed E-state index contributed by atoms with van der Waals surface area (Å²) in [5, 5.41) is 15.9. The molecule has 1 fully saturated rings. The Labute approximate surface area is 198 Å². The minimum atomic E-state index is -0.887. The lowest BCUT2D eigenvalue weighted by Gasteiger charge is -2.29. The quantitative estimate of drug-likeness (QED) is 0.436. The van der Waals surface area contributed by atoms with Gasteiger partial charge in [0.2, 0.25) is 11.8 Å². The van der Waals surface area contributed by atoms with Gasteiger partial charge >= 0.3 is 0 Å². The summed E-state index contributed by atoms with van der Waals surface area (Å²) in [6, 6.07) is 11.6. The summed E-state index contributed by atoms with van der Waals surface area (Å²) in [6.45, 7) is 0.0527. The van der Waals surface area contributed by atoms with E-state index in [9.17, 15) is 19.1 Å². The van der Waals surface area contributed by atoms with Crippen LogP contribution in [-0.4, -0.2) is 55.9 Å². The summed E-state index contributed by atoms with van der Waals surface area (Å²) in [6.07, 6.45) is 1.11. The van der Waals surface area contributed by atoms with Crippen LogP contribution in [0.5, 0.6) is 17.2 Å². The van der Waals surface area contributed by atoms with Crippen molar-refractivity contribution >= 4 is 11.8 Å². The van der Waals surface area contributed by atoms with E-state index in [1.165, 1.54) is 13.2 Å². The van der Waals surface area contributed by atoms with Crippen molar-refractivity contribution in [2.75, 3.05) is 27.4 Å². The van der Waals surface area contributed by atoms with Crippen LogP contribution in [-0.2, 0) is 16.0 Å². The molecule has 1 heterocycles. The van der Waals surface area contributed by atoms with Gasteiger partial charge in [0.15, 0.2) is 11.6 Å². The number of carbonyl (C=O) groups is 2. The highest BCUT2D eigenvalue weighted by Crippen LogP contribution is 2.31. The van der Waals surface area contributed by atoms with E-state index in [1.807, 2.05) is 0 Å². The van der Waals surface area contributed by atoms with E-state index >= 15 is 0 Å². The normalized spacial score (nSPS) is 18.2. The fourth-order valence-electron chi connectivity index (χ4n) is 4.00. The van der Waals surface area contributed by atoms with Crippen LogP contribution in [0.2, 0.25) is 0 Å². The van der Waals surface area contributed by atoms with Crippen molar-refractivity contribution in [3.8, 4) is 17.2 Å². The van der Waals surface area contributed by atoms with Gasteiger partial charge in [0.05, 0.1) is 14.2 Å². The highest BCUT2D eigenvalue weighted by molar-refractivity contribution is 5.80. The predicted molar refractivity (Wildman–Crippen MR) is 124 cm³/mol. The topological polar surface area (TPSA) is 106 Å². The van der Waals surface area contributed by atoms with Crippen LogP contribution in [0, 0.1) is 5.82 Å². The number of rotatable bonds is 12. The van der Waals surface area contributed by atoms with E-state index in [1.54, 1.807) is 43.5 Å². The van der Waals surface area contributed by atoms with Gasteiger partial charge in [-0.3, -0.25) is 9.59 Å². The van der Waals surface area contributed by atoms with E-state index < -0.39 is 17.5 Å². The zero-order valence-electron chi connectivity index (χ0n) is 19.4. The Morgan fingerprint density at radius 2 is 2.00 bits per heavy atom. The molecule has 8 nitrogen and oxygen atoms in total. The molecule has 2 amide bonds. The van der Waals surface area contributed by atoms with Crippen LogP contribution < -0.4 is 24.8 Å². The van der Waals surface area contributed by atoms with Crippen LogP contribution in [0.4, 0.5) is 4.39 Å².